The number of likely N-dealkylation sites (tertiary alicyclic amines) is 1. The number of hydrogen-bond donors (Lipinski definition) is 1. The third-order valence-corrected chi connectivity index (χ3v) is 3.67. The van der Waals surface area contributed by atoms with Gasteiger partial charge in [-0.2, -0.15) is 0 Å². The van der Waals surface area contributed by atoms with E-state index in [1.165, 1.54) is 12.1 Å². The van der Waals surface area contributed by atoms with E-state index in [2.05, 4.69) is 0 Å². The Morgan fingerprint density at radius 1 is 1.37 bits per heavy atom. The Morgan fingerprint density at radius 2 is 2.16 bits per heavy atom. The second-order valence-electron chi connectivity index (χ2n) is 4.95. The van der Waals surface area contributed by atoms with Crippen molar-refractivity contribution in [3.8, 4) is 0 Å². The number of aliphatic carboxylic acids is 1. The second-order valence-corrected chi connectivity index (χ2v) is 5.39. The van der Waals surface area contributed by atoms with Crippen LogP contribution < -0.4 is 0 Å². The van der Waals surface area contributed by atoms with E-state index in [0.29, 0.717) is 18.0 Å². The number of benzene rings is 1. The van der Waals surface area contributed by atoms with Crippen molar-refractivity contribution in [2.75, 3.05) is 6.54 Å². The quantitative estimate of drug-likeness (QED) is 0.926. The van der Waals surface area contributed by atoms with Crippen molar-refractivity contribution < 1.29 is 14.3 Å². The molecule has 1 N–H and O–H groups in total. The van der Waals surface area contributed by atoms with Crippen molar-refractivity contribution in [1.82, 2.24) is 4.90 Å². The van der Waals surface area contributed by atoms with Gasteiger partial charge >= 0.3 is 5.97 Å². The van der Waals surface area contributed by atoms with Crippen LogP contribution in [0.25, 0.3) is 0 Å². The van der Waals surface area contributed by atoms with Crippen LogP contribution in [0.1, 0.15) is 31.2 Å². The van der Waals surface area contributed by atoms with Gasteiger partial charge in [0.05, 0.1) is 0 Å². The third kappa shape index (κ3) is 3.91. The third-order valence-electron chi connectivity index (χ3n) is 3.46. The molecule has 0 bridgehead atoms. The van der Waals surface area contributed by atoms with Crippen molar-refractivity contribution in [2.24, 2.45) is 0 Å². The number of carboxylic acid groups (broad SMARTS) is 1. The largest absolute Gasteiger partial charge is 0.480 e. The summed E-state index contributed by atoms with van der Waals surface area (Å²) in [7, 11) is 0. The summed E-state index contributed by atoms with van der Waals surface area (Å²) in [6.45, 7) is 1.15. The molecule has 1 fully saturated rings. The molecule has 0 spiro atoms. The van der Waals surface area contributed by atoms with Gasteiger partial charge in [0, 0.05) is 11.6 Å². The number of rotatable bonds is 3. The fraction of sp³-hybridized carbons (Fsp3) is 0.500. The summed E-state index contributed by atoms with van der Waals surface area (Å²) in [5.74, 6) is -1.19. The van der Waals surface area contributed by atoms with Crippen LogP contribution in [0, 0.1) is 5.82 Å². The zero-order valence-corrected chi connectivity index (χ0v) is 11.4. The van der Waals surface area contributed by atoms with Gasteiger partial charge < -0.3 is 5.11 Å². The molecule has 1 aliphatic rings. The predicted octanol–water partition coefficient (Wildman–Crippen LogP) is 3.31. The summed E-state index contributed by atoms with van der Waals surface area (Å²) in [6.07, 6.45) is 3.60. The Balaban J connectivity index is 2.15. The zero-order valence-electron chi connectivity index (χ0n) is 10.6. The summed E-state index contributed by atoms with van der Waals surface area (Å²) in [5.41, 5.74) is 0.721. The Kier molecular flexibility index (Phi) is 4.77. The molecule has 1 atom stereocenters. The minimum atomic E-state index is -0.801. The molecule has 0 radical (unpaired) electrons. The lowest BCUT2D eigenvalue weighted by Crippen LogP contribution is -2.40. The SMILES string of the molecule is O=C(O)C1CCCCCN1Cc1cc(F)cc(Cl)c1. The van der Waals surface area contributed by atoms with E-state index in [4.69, 9.17) is 11.6 Å². The van der Waals surface area contributed by atoms with Crippen molar-refractivity contribution in [3.05, 3.63) is 34.6 Å². The topological polar surface area (TPSA) is 40.5 Å². The summed E-state index contributed by atoms with van der Waals surface area (Å²) in [4.78, 5) is 13.2. The van der Waals surface area contributed by atoms with Crippen LogP contribution in [0.2, 0.25) is 5.02 Å². The van der Waals surface area contributed by atoms with Gasteiger partial charge in [-0.25, -0.2) is 4.39 Å². The molecule has 1 aliphatic heterocycles. The molecule has 0 amide bonds. The van der Waals surface area contributed by atoms with Crippen LogP contribution in [-0.2, 0) is 11.3 Å². The van der Waals surface area contributed by atoms with Gasteiger partial charge in [0.15, 0.2) is 0 Å². The number of halogens is 2. The molecule has 104 valence electrons. The maximum Gasteiger partial charge on any atom is 0.320 e. The molecule has 1 aromatic rings. The smallest absolute Gasteiger partial charge is 0.320 e. The Morgan fingerprint density at radius 3 is 2.84 bits per heavy atom. The normalized spacial score (nSPS) is 21.1. The summed E-state index contributed by atoms with van der Waals surface area (Å²) in [6, 6.07) is 3.87. The predicted molar refractivity (Wildman–Crippen MR) is 71.7 cm³/mol. The molecule has 0 aliphatic carbocycles. The van der Waals surface area contributed by atoms with E-state index < -0.39 is 12.0 Å². The Labute approximate surface area is 117 Å². The first-order chi connectivity index (χ1) is 9.06. The van der Waals surface area contributed by atoms with Gasteiger partial charge in [-0.3, -0.25) is 9.69 Å². The van der Waals surface area contributed by atoms with Crippen LogP contribution >= 0.6 is 11.6 Å². The average molecular weight is 286 g/mol. The Hall–Kier alpha value is -1.13. The van der Waals surface area contributed by atoms with Gasteiger partial charge in [0.1, 0.15) is 11.9 Å². The molecule has 1 unspecified atom stereocenters. The van der Waals surface area contributed by atoms with E-state index in [0.717, 1.165) is 31.4 Å². The lowest BCUT2D eigenvalue weighted by atomic mass is 10.1. The van der Waals surface area contributed by atoms with Crippen molar-refractivity contribution >= 4 is 17.6 Å². The first kappa shape index (κ1) is 14.3. The second kappa shape index (κ2) is 6.35. The molecule has 5 heteroatoms. The zero-order chi connectivity index (χ0) is 13.8. The molecule has 2 rings (SSSR count). The standard InChI is InChI=1S/C14H17ClFNO2/c15-11-6-10(7-12(16)8-11)9-17-5-3-1-2-4-13(17)14(18)19/h6-8,13H,1-5,9H2,(H,18,19). The lowest BCUT2D eigenvalue weighted by Gasteiger charge is -2.26. The maximum atomic E-state index is 13.3. The number of carbonyl (C=O) groups is 1. The van der Waals surface area contributed by atoms with Gasteiger partial charge in [0.25, 0.3) is 0 Å². The van der Waals surface area contributed by atoms with Crippen molar-refractivity contribution in [1.29, 1.82) is 0 Å². The van der Waals surface area contributed by atoms with Crippen molar-refractivity contribution in [3.63, 3.8) is 0 Å². The van der Waals surface area contributed by atoms with E-state index in [1.807, 2.05) is 4.90 Å². The minimum absolute atomic E-state index is 0.344. The fourth-order valence-electron chi connectivity index (χ4n) is 2.57. The summed E-state index contributed by atoms with van der Waals surface area (Å²) in [5, 5.41) is 9.62. The van der Waals surface area contributed by atoms with Crippen LogP contribution in [0.3, 0.4) is 0 Å². The summed E-state index contributed by atoms with van der Waals surface area (Å²) >= 11 is 5.82. The van der Waals surface area contributed by atoms with Crippen LogP contribution in [-0.4, -0.2) is 28.6 Å². The molecule has 1 saturated heterocycles. The molecule has 1 heterocycles. The first-order valence-electron chi connectivity index (χ1n) is 6.48. The van der Waals surface area contributed by atoms with Crippen LogP contribution in [0.15, 0.2) is 18.2 Å². The van der Waals surface area contributed by atoms with Gasteiger partial charge in [-0.15, -0.1) is 0 Å². The van der Waals surface area contributed by atoms with Crippen LogP contribution in [0.4, 0.5) is 4.39 Å². The van der Waals surface area contributed by atoms with Gasteiger partial charge in [0.2, 0.25) is 0 Å². The van der Waals surface area contributed by atoms with E-state index in [-0.39, 0.29) is 5.82 Å². The van der Waals surface area contributed by atoms with E-state index >= 15 is 0 Å². The fourth-order valence-corrected chi connectivity index (χ4v) is 2.82. The molecular formula is C14H17ClFNO2. The number of nitrogens with zero attached hydrogens (tertiary/aromatic N) is 1. The highest BCUT2D eigenvalue weighted by Crippen LogP contribution is 2.21. The van der Waals surface area contributed by atoms with E-state index in [1.54, 1.807) is 6.07 Å². The lowest BCUT2D eigenvalue weighted by molar-refractivity contribution is -0.143. The molecule has 0 saturated carbocycles. The molecule has 1 aromatic carbocycles. The molecule has 19 heavy (non-hydrogen) atoms. The van der Waals surface area contributed by atoms with Gasteiger partial charge in [-0.1, -0.05) is 24.4 Å². The van der Waals surface area contributed by atoms with Crippen molar-refractivity contribution in [2.45, 2.75) is 38.3 Å². The number of hydrogen-bond acceptors (Lipinski definition) is 2. The molecular weight excluding hydrogens is 269 g/mol. The highest BCUT2D eigenvalue weighted by molar-refractivity contribution is 6.30. The average Bonchev–Trinajstić information content (AvgIpc) is 2.53. The van der Waals surface area contributed by atoms with Crippen LogP contribution in [0.5, 0.6) is 0 Å². The Bertz CT molecular complexity index is 447. The van der Waals surface area contributed by atoms with E-state index in [9.17, 15) is 14.3 Å². The highest BCUT2D eigenvalue weighted by Gasteiger charge is 2.27. The van der Waals surface area contributed by atoms with Gasteiger partial charge in [-0.05, 0) is 43.1 Å². The molecule has 0 aromatic heterocycles. The highest BCUT2D eigenvalue weighted by atomic mass is 35.5. The number of carboxylic acids is 1. The maximum absolute atomic E-state index is 13.3. The minimum Gasteiger partial charge on any atom is -0.480 e. The summed E-state index contributed by atoms with van der Waals surface area (Å²) < 4.78 is 13.3. The first-order valence-corrected chi connectivity index (χ1v) is 6.86. The molecule has 3 nitrogen and oxygen atoms in total. The monoisotopic (exact) mass is 285 g/mol.